The number of nitrogens with two attached hydrogens (primary N) is 1. The fourth-order valence-corrected chi connectivity index (χ4v) is 1.55. The van der Waals surface area contributed by atoms with Gasteiger partial charge in [-0.15, -0.1) is 0 Å². The topological polar surface area (TPSA) is 91.1 Å². The first-order valence-corrected chi connectivity index (χ1v) is 5.33. The molecule has 0 unspecified atom stereocenters. The molecule has 2 N–H and O–H groups in total. The largest absolute Gasteiger partial charge is 0.494 e. The lowest BCUT2D eigenvalue weighted by atomic mass is 10.2. The molecule has 0 saturated heterocycles. The standard InChI is InChI=1S/C12H16N2O5/c1-14(12(16)11(13)15)7-5-9(18-3)10(19-4)6-8(7)17-2/h5-6H,1-4H3,(H2,13,15). The van der Waals surface area contributed by atoms with Gasteiger partial charge in [-0.25, -0.2) is 0 Å². The SMILES string of the molecule is COc1cc(OC)c(N(C)C(=O)C(N)=O)cc1OC. The average molecular weight is 268 g/mol. The molecule has 0 aromatic heterocycles. The molecule has 0 radical (unpaired) electrons. The van der Waals surface area contributed by atoms with Gasteiger partial charge in [0, 0.05) is 19.2 Å². The summed E-state index contributed by atoms with van der Waals surface area (Å²) in [4.78, 5) is 23.6. The summed E-state index contributed by atoms with van der Waals surface area (Å²) in [6.07, 6.45) is 0. The minimum atomic E-state index is -1.06. The predicted octanol–water partition coefficient (Wildman–Crippen LogP) is 0.161. The van der Waals surface area contributed by atoms with Crippen LogP contribution < -0.4 is 24.8 Å². The van der Waals surface area contributed by atoms with E-state index in [1.165, 1.54) is 34.4 Å². The minimum absolute atomic E-state index is 0.351. The van der Waals surface area contributed by atoms with Crippen LogP contribution in [0.5, 0.6) is 17.2 Å². The van der Waals surface area contributed by atoms with E-state index in [0.717, 1.165) is 4.90 Å². The Hall–Kier alpha value is -2.44. The Morgan fingerprint density at radius 1 is 1.00 bits per heavy atom. The van der Waals surface area contributed by atoms with E-state index >= 15 is 0 Å². The molecular formula is C12H16N2O5. The molecule has 0 spiro atoms. The number of benzene rings is 1. The molecule has 104 valence electrons. The fourth-order valence-electron chi connectivity index (χ4n) is 1.55. The van der Waals surface area contributed by atoms with Crippen LogP contribution in [0.25, 0.3) is 0 Å². The van der Waals surface area contributed by atoms with Gasteiger partial charge in [0.1, 0.15) is 5.75 Å². The van der Waals surface area contributed by atoms with E-state index in [1.807, 2.05) is 0 Å². The Morgan fingerprint density at radius 3 is 1.89 bits per heavy atom. The monoisotopic (exact) mass is 268 g/mol. The van der Waals surface area contributed by atoms with Gasteiger partial charge in [-0.3, -0.25) is 9.59 Å². The first-order chi connectivity index (χ1) is 8.96. The summed E-state index contributed by atoms with van der Waals surface area (Å²) in [6.45, 7) is 0. The minimum Gasteiger partial charge on any atom is -0.494 e. The van der Waals surface area contributed by atoms with Gasteiger partial charge >= 0.3 is 11.8 Å². The summed E-state index contributed by atoms with van der Waals surface area (Å²) in [6, 6.07) is 3.08. The highest BCUT2D eigenvalue weighted by Gasteiger charge is 2.22. The summed E-state index contributed by atoms with van der Waals surface area (Å²) in [7, 11) is 5.80. The highest BCUT2D eigenvalue weighted by molar-refractivity contribution is 6.39. The summed E-state index contributed by atoms with van der Waals surface area (Å²) < 4.78 is 15.4. The van der Waals surface area contributed by atoms with Crippen molar-refractivity contribution in [3.63, 3.8) is 0 Å². The number of methoxy groups -OCH3 is 3. The normalized spacial score (nSPS) is 9.68. The number of carbonyl (C=O) groups is 2. The lowest BCUT2D eigenvalue weighted by Gasteiger charge is -2.20. The molecule has 0 aliphatic rings. The fraction of sp³-hybridized carbons (Fsp3) is 0.333. The molecule has 0 bridgehead atoms. The number of nitrogens with zero attached hydrogens (tertiary/aromatic N) is 1. The van der Waals surface area contributed by atoms with Crippen LogP contribution in [-0.2, 0) is 9.59 Å². The van der Waals surface area contributed by atoms with Crippen molar-refractivity contribution in [2.75, 3.05) is 33.3 Å². The number of hydrogen-bond donors (Lipinski definition) is 1. The number of carbonyl (C=O) groups excluding carboxylic acids is 2. The van der Waals surface area contributed by atoms with Crippen molar-refractivity contribution < 1.29 is 23.8 Å². The zero-order valence-corrected chi connectivity index (χ0v) is 11.2. The van der Waals surface area contributed by atoms with E-state index in [2.05, 4.69) is 0 Å². The number of ether oxygens (including phenoxy) is 3. The van der Waals surface area contributed by atoms with Crippen molar-refractivity contribution in [1.82, 2.24) is 0 Å². The van der Waals surface area contributed by atoms with Crippen molar-refractivity contribution in [3.8, 4) is 17.2 Å². The second kappa shape index (κ2) is 5.94. The van der Waals surface area contributed by atoms with Gasteiger partial charge in [-0.2, -0.15) is 0 Å². The summed E-state index contributed by atoms with van der Waals surface area (Å²) in [5.41, 5.74) is 5.32. The number of amides is 2. The maximum absolute atomic E-state index is 11.6. The molecule has 1 rings (SSSR count). The summed E-state index contributed by atoms with van der Waals surface area (Å²) in [5.74, 6) is -0.704. The molecule has 0 saturated carbocycles. The Balaban J connectivity index is 3.33. The van der Waals surface area contributed by atoms with Crippen molar-refractivity contribution >= 4 is 17.5 Å². The molecule has 0 heterocycles. The highest BCUT2D eigenvalue weighted by Crippen LogP contribution is 2.39. The molecular weight excluding hydrogens is 252 g/mol. The molecule has 1 aromatic rings. The van der Waals surface area contributed by atoms with Crippen molar-refractivity contribution in [2.45, 2.75) is 0 Å². The maximum Gasteiger partial charge on any atom is 0.315 e. The van der Waals surface area contributed by atoms with Gasteiger partial charge in [0.25, 0.3) is 0 Å². The van der Waals surface area contributed by atoms with Crippen LogP contribution in [-0.4, -0.2) is 40.2 Å². The number of primary amides is 1. The Morgan fingerprint density at radius 2 is 1.47 bits per heavy atom. The van der Waals surface area contributed by atoms with Gasteiger partial charge in [0.05, 0.1) is 27.0 Å². The molecule has 7 heteroatoms. The van der Waals surface area contributed by atoms with Crippen molar-refractivity contribution in [1.29, 1.82) is 0 Å². The summed E-state index contributed by atoms with van der Waals surface area (Å²) in [5, 5.41) is 0. The Labute approximate surface area is 110 Å². The average Bonchev–Trinajstić information content (AvgIpc) is 2.43. The van der Waals surface area contributed by atoms with Gasteiger partial charge in [-0.05, 0) is 0 Å². The number of hydrogen-bond acceptors (Lipinski definition) is 5. The Bertz CT molecular complexity index is 501. The van der Waals surface area contributed by atoms with E-state index < -0.39 is 11.8 Å². The van der Waals surface area contributed by atoms with Crippen LogP contribution >= 0.6 is 0 Å². The lowest BCUT2D eigenvalue weighted by Crippen LogP contribution is -2.37. The van der Waals surface area contributed by atoms with Crippen LogP contribution in [0.2, 0.25) is 0 Å². The van der Waals surface area contributed by atoms with E-state index in [4.69, 9.17) is 19.9 Å². The van der Waals surface area contributed by atoms with E-state index in [1.54, 1.807) is 6.07 Å². The Kier molecular flexibility index (Phi) is 4.57. The van der Waals surface area contributed by atoms with Crippen LogP contribution in [0.1, 0.15) is 0 Å². The van der Waals surface area contributed by atoms with Crippen LogP contribution in [0.3, 0.4) is 0 Å². The third-order valence-electron chi connectivity index (χ3n) is 2.56. The zero-order valence-electron chi connectivity index (χ0n) is 11.2. The van der Waals surface area contributed by atoms with Crippen molar-refractivity contribution in [3.05, 3.63) is 12.1 Å². The molecule has 0 atom stereocenters. The molecule has 0 aliphatic heterocycles. The molecule has 0 fully saturated rings. The smallest absolute Gasteiger partial charge is 0.315 e. The molecule has 7 nitrogen and oxygen atoms in total. The third kappa shape index (κ3) is 2.87. The lowest BCUT2D eigenvalue weighted by molar-refractivity contribution is -0.135. The van der Waals surface area contributed by atoms with E-state index in [-0.39, 0.29) is 0 Å². The molecule has 2 amide bonds. The summed E-state index contributed by atoms with van der Waals surface area (Å²) >= 11 is 0. The van der Waals surface area contributed by atoms with Gasteiger partial charge < -0.3 is 24.8 Å². The van der Waals surface area contributed by atoms with Gasteiger partial charge in [0.15, 0.2) is 11.5 Å². The number of rotatable bonds is 4. The van der Waals surface area contributed by atoms with E-state index in [0.29, 0.717) is 22.9 Å². The predicted molar refractivity (Wildman–Crippen MR) is 68.7 cm³/mol. The molecule has 1 aromatic carbocycles. The van der Waals surface area contributed by atoms with Crippen LogP contribution in [0.15, 0.2) is 12.1 Å². The zero-order chi connectivity index (χ0) is 14.6. The van der Waals surface area contributed by atoms with Crippen LogP contribution in [0.4, 0.5) is 5.69 Å². The molecule has 0 aliphatic carbocycles. The van der Waals surface area contributed by atoms with E-state index in [9.17, 15) is 9.59 Å². The van der Waals surface area contributed by atoms with Crippen LogP contribution in [0, 0.1) is 0 Å². The molecule has 19 heavy (non-hydrogen) atoms. The van der Waals surface area contributed by atoms with Gasteiger partial charge in [-0.1, -0.05) is 0 Å². The third-order valence-corrected chi connectivity index (χ3v) is 2.56. The second-order valence-electron chi connectivity index (χ2n) is 3.61. The highest BCUT2D eigenvalue weighted by atomic mass is 16.5. The number of anilines is 1. The maximum atomic E-state index is 11.6. The number of likely N-dealkylation sites (N-methyl/N-ethyl adjacent to an activating group) is 1. The quantitative estimate of drug-likeness (QED) is 0.785. The van der Waals surface area contributed by atoms with Gasteiger partial charge in [0.2, 0.25) is 0 Å². The second-order valence-corrected chi connectivity index (χ2v) is 3.61. The first kappa shape index (κ1) is 14.6. The van der Waals surface area contributed by atoms with Crippen molar-refractivity contribution in [2.24, 2.45) is 5.73 Å². The first-order valence-electron chi connectivity index (χ1n) is 5.33.